The molecule has 0 spiro atoms. The zero-order valence-corrected chi connectivity index (χ0v) is 12.1. The normalized spacial score (nSPS) is 11.1. The van der Waals surface area contributed by atoms with E-state index in [4.69, 9.17) is 4.74 Å². The molecule has 0 saturated carbocycles. The van der Waals surface area contributed by atoms with Crippen LogP contribution in [0.3, 0.4) is 0 Å². The van der Waals surface area contributed by atoms with Crippen molar-refractivity contribution in [2.24, 2.45) is 0 Å². The molecular weight excluding hydrogens is 224 g/mol. The fraction of sp³-hybridized carbons (Fsp3) is 0.333. The highest BCUT2D eigenvalue weighted by atomic mass is 28.3. The van der Waals surface area contributed by atoms with E-state index < -0.39 is 8.07 Å². The summed E-state index contributed by atoms with van der Waals surface area (Å²) in [6, 6.07) is 8.02. The van der Waals surface area contributed by atoms with Gasteiger partial charge < -0.3 is 4.74 Å². The Labute approximate surface area is 106 Å². The van der Waals surface area contributed by atoms with Crippen LogP contribution in [-0.2, 0) is 0 Å². The van der Waals surface area contributed by atoms with Gasteiger partial charge in [0, 0.05) is 6.42 Å². The third-order valence-electron chi connectivity index (χ3n) is 2.09. The SMILES string of the molecule is COc1cccc(C=CCC#C[Si](C)(C)C)c1. The Morgan fingerprint density at radius 2 is 2.06 bits per heavy atom. The molecule has 1 rings (SSSR count). The predicted molar refractivity (Wildman–Crippen MR) is 77.8 cm³/mol. The molecule has 0 unspecified atom stereocenters. The topological polar surface area (TPSA) is 9.23 Å². The average molecular weight is 244 g/mol. The summed E-state index contributed by atoms with van der Waals surface area (Å²) in [4.78, 5) is 0. The van der Waals surface area contributed by atoms with E-state index in [9.17, 15) is 0 Å². The summed E-state index contributed by atoms with van der Waals surface area (Å²) in [5.41, 5.74) is 4.50. The lowest BCUT2D eigenvalue weighted by atomic mass is 10.2. The van der Waals surface area contributed by atoms with Crippen molar-refractivity contribution in [3.63, 3.8) is 0 Å². The second-order valence-electron chi connectivity index (χ2n) is 4.93. The Kier molecular flexibility index (Phi) is 5.05. The summed E-state index contributed by atoms with van der Waals surface area (Å²) in [5, 5.41) is 0. The number of hydrogen-bond acceptors (Lipinski definition) is 1. The summed E-state index contributed by atoms with van der Waals surface area (Å²) in [5.74, 6) is 4.11. The second kappa shape index (κ2) is 6.32. The van der Waals surface area contributed by atoms with Gasteiger partial charge in [0.05, 0.1) is 7.11 Å². The number of methoxy groups -OCH3 is 1. The molecular formula is C15H20OSi. The van der Waals surface area contributed by atoms with Gasteiger partial charge >= 0.3 is 0 Å². The Hall–Kier alpha value is -1.46. The number of benzene rings is 1. The zero-order chi connectivity index (χ0) is 12.7. The maximum Gasteiger partial charge on any atom is 0.129 e. The van der Waals surface area contributed by atoms with Crippen molar-refractivity contribution in [3.05, 3.63) is 35.9 Å². The number of rotatable bonds is 3. The first-order valence-corrected chi connectivity index (χ1v) is 9.32. The minimum Gasteiger partial charge on any atom is -0.497 e. The summed E-state index contributed by atoms with van der Waals surface area (Å²) >= 11 is 0. The molecule has 0 amide bonds. The van der Waals surface area contributed by atoms with Gasteiger partial charge in [-0.3, -0.25) is 0 Å². The quantitative estimate of drug-likeness (QED) is 0.577. The Morgan fingerprint density at radius 3 is 2.71 bits per heavy atom. The van der Waals surface area contributed by atoms with Crippen molar-refractivity contribution < 1.29 is 4.74 Å². The number of hydrogen-bond donors (Lipinski definition) is 0. The number of allylic oxidation sites excluding steroid dienone is 1. The van der Waals surface area contributed by atoms with E-state index in [0.717, 1.165) is 17.7 Å². The molecule has 0 aromatic heterocycles. The standard InChI is InChI=1S/C15H20OSi/c1-16-15-11-8-10-14(13-15)9-6-5-7-12-17(2,3)4/h6,8-11,13H,5H2,1-4H3. The first-order valence-electron chi connectivity index (χ1n) is 5.82. The fourth-order valence-corrected chi connectivity index (χ4v) is 1.95. The van der Waals surface area contributed by atoms with Gasteiger partial charge in [-0.1, -0.05) is 43.9 Å². The van der Waals surface area contributed by atoms with E-state index in [1.165, 1.54) is 0 Å². The van der Waals surface area contributed by atoms with E-state index in [0.29, 0.717) is 0 Å². The molecule has 0 aliphatic heterocycles. The molecule has 0 radical (unpaired) electrons. The molecule has 0 aliphatic carbocycles. The summed E-state index contributed by atoms with van der Waals surface area (Å²) < 4.78 is 5.17. The van der Waals surface area contributed by atoms with Gasteiger partial charge in [0.25, 0.3) is 0 Å². The maximum atomic E-state index is 5.17. The van der Waals surface area contributed by atoms with Crippen LogP contribution in [0, 0.1) is 11.5 Å². The highest BCUT2D eigenvalue weighted by Gasteiger charge is 2.06. The molecule has 0 heterocycles. The monoisotopic (exact) mass is 244 g/mol. The summed E-state index contributed by atoms with van der Waals surface area (Å²) in [7, 11) is 0.467. The van der Waals surface area contributed by atoms with Crippen LogP contribution in [0.15, 0.2) is 30.3 Å². The third-order valence-corrected chi connectivity index (χ3v) is 3.01. The van der Waals surface area contributed by atoms with E-state index in [2.05, 4.69) is 49.3 Å². The molecule has 0 aliphatic rings. The highest BCUT2D eigenvalue weighted by molar-refractivity contribution is 6.83. The second-order valence-corrected chi connectivity index (χ2v) is 9.68. The maximum absolute atomic E-state index is 5.17. The highest BCUT2D eigenvalue weighted by Crippen LogP contribution is 2.13. The van der Waals surface area contributed by atoms with Crippen LogP contribution in [0.25, 0.3) is 6.08 Å². The van der Waals surface area contributed by atoms with Crippen molar-refractivity contribution in [3.8, 4) is 17.2 Å². The Morgan fingerprint density at radius 1 is 1.29 bits per heavy atom. The van der Waals surface area contributed by atoms with E-state index in [-0.39, 0.29) is 0 Å². The van der Waals surface area contributed by atoms with Crippen LogP contribution >= 0.6 is 0 Å². The van der Waals surface area contributed by atoms with Crippen molar-refractivity contribution >= 4 is 14.1 Å². The Bertz CT molecular complexity index is 444. The smallest absolute Gasteiger partial charge is 0.129 e. The predicted octanol–water partition coefficient (Wildman–Crippen LogP) is 3.98. The molecule has 0 fully saturated rings. The van der Waals surface area contributed by atoms with Crippen molar-refractivity contribution in [2.75, 3.05) is 7.11 Å². The first-order chi connectivity index (χ1) is 8.01. The molecule has 17 heavy (non-hydrogen) atoms. The fourth-order valence-electron chi connectivity index (χ4n) is 1.32. The lowest BCUT2D eigenvalue weighted by Crippen LogP contribution is -2.16. The number of ether oxygens (including phenoxy) is 1. The van der Waals surface area contributed by atoms with Crippen LogP contribution in [0.2, 0.25) is 19.6 Å². The van der Waals surface area contributed by atoms with E-state index in [1.54, 1.807) is 7.11 Å². The molecule has 1 aromatic rings. The lowest BCUT2D eigenvalue weighted by Gasteiger charge is -2.02. The minimum atomic E-state index is -1.22. The molecule has 0 bridgehead atoms. The molecule has 90 valence electrons. The minimum absolute atomic E-state index is 0.821. The van der Waals surface area contributed by atoms with Crippen LogP contribution in [0.1, 0.15) is 12.0 Å². The molecule has 0 atom stereocenters. The van der Waals surface area contributed by atoms with Crippen LogP contribution in [0.4, 0.5) is 0 Å². The van der Waals surface area contributed by atoms with Gasteiger partial charge in [0.2, 0.25) is 0 Å². The van der Waals surface area contributed by atoms with Crippen molar-refractivity contribution in [1.29, 1.82) is 0 Å². The van der Waals surface area contributed by atoms with Gasteiger partial charge in [-0.25, -0.2) is 0 Å². The van der Waals surface area contributed by atoms with Crippen molar-refractivity contribution in [2.45, 2.75) is 26.1 Å². The zero-order valence-electron chi connectivity index (χ0n) is 11.1. The van der Waals surface area contributed by atoms with Crippen LogP contribution in [0.5, 0.6) is 5.75 Å². The molecule has 1 aromatic carbocycles. The van der Waals surface area contributed by atoms with Gasteiger partial charge in [0.15, 0.2) is 0 Å². The first kappa shape index (κ1) is 13.6. The van der Waals surface area contributed by atoms with Crippen LogP contribution in [-0.4, -0.2) is 15.2 Å². The van der Waals surface area contributed by atoms with Crippen molar-refractivity contribution in [1.82, 2.24) is 0 Å². The van der Waals surface area contributed by atoms with E-state index in [1.807, 2.05) is 18.2 Å². The van der Waals surface area contributed by atoms with Gasteiger partial charge in [-0.05, 0) is 17.7 Å². The average Bonchev–Trinajstić information content (AvgIpc) is 2.27. The molecule has 0 N–H and O–H groups in total. The van der Waals surface area contributed by atoms with E-state index >= 15 is 0 Å². The summed E-state index contributed by atoms with van der Waals surface area (Å²) in [6.07, 6.45) is 5.00. The lowest BCUT2D eigenvalue weighted by molar-refractivity contribution is 0.414. The molecule has 0 saturated heterocycles. The largest absolute Gasteiger partial charge is 0.497 e. The van der Waals surface area contributed by atoms with Crippen LogP contribution < -0.4 is 4.74 Å². The van der Waals surface area contributed by atoms with Gasteiger partial charge in [0.1, 0.15) is 13.8 Å². The van der Waals surface area contributed by atoms with Gasteiger partial charge in [-0.15, -0.1) is 11.5 Å². The Balaban J connectivity index is 2.56. The molecule has 2 heteroatoms. The van der Waals surface area contributed by atoms with Gasteiger partial charge in [-0.2, -0.15) is 0 Å². The summed E-state index contributed by atoms with van der Waals surface area (Å²) in [6.45, 7) is 6.77. The third kappa shape index (κ3) is 5.99. The molecule has 1 nitrogen and oxygen atoms in total.